The van der Waals surface area contributed by atoms with Gasteiger partial charge in [0, 0.05) is 38.8 Å². The van der Waals surface area contributed by atoms with E-state index in [0.29, 0.717) is 12.6 Å². The van der Waals surface area contributed by atoms with E-state index < -0.39 is 0 Å². The SMILES string of the molecule is COc1ccc(CCNC(=O)N2CCN(C(C)C)CC2)cc1. The van der Waals surface area contributed by atoms with Gasteiger partial charge in [-0.1, -0.05) is 12.1 Å². The van der Waals surface area contributed by atoms with Crippen LogP contribution in [0.1, 0.15) is 19.4 Å². The zero-order valence-electron chi connectivity index (χ0n) is 13.8. The fourth-order valence-corrected chi connectivity index (χ4v) is 2.66. The van der Waals surface area contributed by atoms with E-state index in [9.17, 15) is 4.79 Å². The van der Waals surface area contributed by atoms with Crippen LogP contribution in [-0.2, 0) is 6.42 Å². The Labute approximate surface area is 133 Å². The van der Waals surface area contributed by atoms with Gasteiger partial charge in [-0.2, -0.15) is 0 Å². The van der Waals surface area contributed by atoms with Gasteiger partial charge in [-0.3, -0.25) is 4.90 Å². The van der Waals surface area contributed by atoms with Gasteiger partial charge < -0.3 is 15.0 Å². The van der Waals surface area contributed by atoms with Crippen LogP contribution in [0.25, 0.3) is 0 Å². The number of benzene rings is 1. The van der Waals surface area contributed by atoms with Crippen LogP contribution in [0.2, 0.25) is 0 Å². The van der Waals surface area contributed by atoms with Gasteiger partial charge in [0.15, 0.2) is 0 Å². The third kappa shape index (κ3) is 4.63. The largest absolute Gasteiger partial charge is 0.497 e. The highest BCUT2D eigenvalue weighted by molar-refractivity contribution is 5.74. The molecule has 0 atom stereocenters. The first-order valence-corrected chi connectivity index (χ1v) is 8.00. The van der Waals surface area contributed by atoms with Crippen molar-refractivity contribution in [3.8, 4) is 5.75 Å². The van der Waals surface area contributed by atoms with Crippen molar-refractivity contribution in [3.63, 3.8) is 0 Å². The number of hydrogen-bond acceptors (Lipinski definition) is 3. The third-order valence-electron chi connectivity index (χ3n) is 4.18. The molecule has 1 heterocycles. The van der Waals surface area contributed by atoms with Crippen LogP contribution in [0.4, 0.5) is 4.79 Å². The molecule has 0 saturated carbocycles. The van der Waals surface area contributed by atoms with Crippen molar-refractivity contribution in [1.82, 2.24) is 15.1 Å². The molecule has 122 valence electrons. The number of ether oxygens (including phenoxy) is 1. The summed E-state index contributed by atoms with van der Waals surface area (Å²) in [7, 11) is 1.66. The number of rotatable bonds is 5. The van der Waals surface area contributed by atoms with Crippen LogP contribution in [-0.4, -0.2) is 61.7 Å². The van der Waals surface area contributed by atoms with Crippen molar-refractivity contribution in [2.75, 3.05) is 39.8 Å². The number of urea groups is 1. The average molecular weight is 305 g/mol. The molecule has 0 spiro atoms. The van der Waals surface area contributed by atoms with Gasteiger partial charge >= 0.3 is 6.03 Å². The molecule has 1 saturated heterocycles. The van der Waals surface area contributed by atoms with E-state index in [4.69, 9.17) is 4.74 Å². The molecule has 2 amide bonds. The summed E-state index contributed by atoms with van der Waals surface area (Å²) in [6.07, 6.45) is 0.835. The van der Waals surface area contributed by atoms with Gasteiger partial charge in [-0.15, -0.1) is 0 Å². The molecule has 1 aromatic carbocycles. The lowest BCUT2D eigenvalue weighted by atomic mass is 10.1. The minimum atomic E-state index is 0.0527. The number of carbonyl (C=O) groups excluding carboxylic acids is 1. The lowest BCUT2D eigenvalue weighted by molar-refractivity contribution is 0.119. The summed E-state index contributed by atoms with van der Waals surface area (Å²) in [5, 5.41) is 3.01. The molecule has 0 radical (unpaired) electrons. The van der Waals surface area contributed by atoms with Crippen LogP contribution in [0.3, 0.4) is 0 Å². The molecule has 1 N–H and O–H groups in total. The quantitative estimate of drug-likeness (QED) is 0.904. The Morgan fingerprint density at radius 2 is 1.82 bits per heavy atom. The topological polar surface area (TPSA) is 44.8 Å². The summed E-state index contributed by atoms with van der Waals surface area (Å²) in [6.45, 7) is 8.61. The minimum absolute atomic E-state index is 0.0527. The molecule has 1 aliphatic rings. The number of hydrogen-bond donors (Lipinski definition) is 1. The molecular weight excluding hydrogens is 278 g/mol. The summed E-state index contributed by atoms with van der Waals surface area (Å²) in [5.74, 6) is 0.857. The number of carbonyl (C=O) groups is 1. The van der Waals surface area contributed by atoms with Crippen LogP contribution in [0, 0.1) is 0 Å². The second-order valence-electron chi connectivity index (χ2n) is 5.95. The van der Waals surface area contributed by atoms with Gasteiger partial charge in [-0.25, -0.2) is 4.79 Å². The molecule has 0 bridgehead atoms. The van der Waals surface area contributed by atoms with E-state index in [-0.39, 0.29) is 6.03 Å². The van der Waals surface area contributed by atoms with Gasteiger partial charge in [0.2, 0.25) is 0 Å². The van der Waals surface area contributed by atoms with Gasteiger partial charge in [0.25, 0.3) is 0 Å². The van der Waals surface area contributed by atoms with E-state index >= 15 is 0 Å². The molecule has 0 aromatic heterocycles. The maximum atomic E-state index is 12.1. The van der Waals surface area contributed by atoms with Crippen LogP contribution < -0.4 is 10.1 Å². The summed E-state index contributed by atoms with van der Waals surface area (Å²) in [4.78, 5) is 16.5. The zero-order chi connectivity index (χ0) is 15.9. The summed E-state index contributed by atoms with van der Waals surface area (Å²) in [5.41, 5.74) is 1.20. The predicted octanol–water partition coefficient (Wildman–Crippen LogP) is 1.97. The van der Waals surface area contributed by atoms with E-state index in [1.807, 2.05) is 29.2 Å². The molecule has 1 aromatic rings. The smallest absolute Gasteiger partial charge is 0.317 e. The van der Waals surface area contributed by atoms with Crippen molar-refractivity contribution in [2.24, 2.45) is 0 Å². The van der Waals surface area contributed by atoms with Crippen LogP contribution >= 0.6 is 0 Å². The first-order valence-electron chi connectivity index (χ1n) is 8.00. The lowest BCUT2D eigenvalue weighted by Crippen LogP contribution is -2.53. The molecule has 5 nitrogen and oxygen atoms in total. The van der Waals surface area contributed by atoms with Crippen molar-refractivity contribution in [1.29, 1.82) is 0 Å². The van der Waals surface area contributed by atoms with Crippen molar-refractivity contribution in [3.05, 3.63) is 29.8 Å². The van der Waals surface area contributed by atoms with Gasteiger partial charge in [0.05, 0.1) is 7.11 Å². The van der Waals surface area contributed by atoms with Crippen molar-refractivity contribution in [2.45, 2.75) is 26.3 Å². The van der Waals surface area contributed by atoms with Crippen molar-refractivity contribution < 1.29 is 9.53 Å². The monoisotopic (exact) mass is 305 g/mol. The predicted molar refractivity (Wildman–Crippen MR) is 88.4 cm³/mol. The lowest BCUT2D eigenvalue weighted by Gasteiger charge is -2.36. The highest BCUT2D eigenvalue weighted by Gasteiger charge is 2.21. The van der Waals surface area contributed by atoms with Crippen molar-refractivity contribution >= 4 is 6.03 Å². The first-order chi connectivity index (χ1) is 10.6. The zero-order valence-corrected chi connectivity index (χ0v) is 13.8. The number of piperazine rings is 1. The van der Waals surface area contributed by atoms with E-state index in [2.05, 4.69) is 24.1 Å². The van der Waals surface area contributed by atoms with Gasteiger partial charge in [-0.05, 0) is 38.0 Å². The Hall–Kier alpha value is -1.75. The third-order valence-corrected chi connectivity index (χ3v) is 4.18. The number of methoxy groups -OCH3 is 1. The molecule has 0 unspecified atom stereocenters. The summed E-state index contributed by atoms with van der Waals surface area (Å²) in [6, 6.07) is 8.57. The van der Waals surface area contributed by atoms with E-state index in [0.717, 1.165) is 38.3 Å². The number of nitrogens with one attached hydrogen (secondary N) is 1. The summed E-state index contributed by atoms with van der Waals surface area (Å²) >= 11 is 0. The van der Waals surface area contributed by atoms with Crippen LogP contribution in [0.5, 0.6) is 5.75 Å². The Bertz CT molecular complexity index is 465. The highest BCUT2D eigenvalue weighted by Crippen LogP contribution is 2.11. The summed E-state index contributed by atoms with van der Waals surface area (Å²) < 4.78 is 5.14. The second-order valence-corrected chi connectivity index (χ2v) is 5.95. The fraction of sp³-hybridized carbons (Fsp3) is 0.588. The Kier molecular flexibility index (Phi) is 6.07. The number of amides is 2. The molecule has 22 heavy (non-hydrogen) atoms. The molecule has 0 aliphatic carbocycles. The maximum Gasteiger partial charge on any atom is 0.317 e. The molecule has 5 heteroatoms. The number of nitrogens with zero attached hydrogens (tertiary/aromatic N) is 2. The standard InChI is InChI=1S/C17H27N3O2/c1-14(2)19-10-12-20(13-11-19)17(21)18-9-8-15-4-6-16(22-3)7-5-15/h4-7,14H,8-13H2,1-3H3,(H,18,21). The minimum Gasteiger partial charge on any atom is -0.497 e. The van der Waals surface area contributed by atoms with E-state index in [1.165, 1.54) is 5.56 Å². The normalized spacial score (nSPS) is 15.9. The highest BCUT2D eigenvalue weighted by atomic mass is 16.5. The Morgan fingerprint density at radius 1 is 1.18 bits per heavy atom. The molecule has 2 rings (SSSR count). The van der Waals surface area contributed by atoms with Gasteiger partial charge in [0.1, 0.15) is 5.75 Å². The first kappa shape index (κ1) is 16.6. The molecule has 1 fully saturated rings. The molecular formula is C17H27N3O2. The second kappa shape index (κ2) is 8.03. The Morgan fingerprint density at radius 3 is 2.36 bits per heavy atom. The maximum absolute atomic E-state index is 12.1. The Balaban J connectivity index is 1.69. The fourth-order valence-electron chi connectivity index (χ4n) is 2.66. The average Bonchev–Trinajstić information content (AvgIpc) is 2.55. The molecule has 1 aliphatic heterocycles. The van der Waals surface area contributed by atoms with Crippen LogP contribution in [0.15, 0.2) is 24.3 Å². The van der Waals surface area contributed by atoms with E-state index in [1.54, 1.807) is 7.11 Å².